The zero-order valence-electron chi connectivity index (χ0n) is 25.5. The van der Waals surface area contributed by atoms with Crippen LogP contribution in [0.15, 0.2) is 48.8 Å². The Hall–Kier alpha value is -4.31. The van der Waals surface area contributed by atoms with Gasteiger partial charge < -0.3 is 25.8 Å². The Morgan fingerprint density at radius 3 is 2.29 bits per heavy atom. The Kier molecular flexibility index (Phi) is 7.24. The van der Waals surface area contributed by atoms with E-state index in [1.807, 2.05) is 53.7 Å². The fourth-order valence-electron chi connectivity index (χ4n) is 7.82. The number of nitrogens with one attached hydrogen (secondary N) is 2. The molecule has 2 saturated carbocycles. The molecular formula is C35H40N8O2. The van der Waals surface area contributed by atoms with Crippen LogP contribution in [0.4, 0.5) is 11.8 Å². The number of hydrogen-bond acceptors (Lipinski definition) is 8. The number of nitrogens with zero attached hydrogens (tertiary/aromatic N) is 5. The average Bonchev–Trinajstić information content (AvgIpc) is 3.81. The third kappa shape index (κ3) is 5.14. The lowest BCUT2D eigenvalue weighted by Gasteiger charge is -2.33. The van der Waals surface area contributed by atoms with Crippen molar-refractivity contribution in [2.75, 3.05) is 23.7 Å². The highest BCUT2D eigenvalue weighted by Gasteiger charge is 2.33. The summed E-state index contributed by atoms with van der Waals surface area (Å²) in [5, 5.41) is 7.32. The van der Waals surface area contributed by atoms with E-state index < -0.39 is 0 Å². The summed E-state index contributed by atoms with van der Waals surface area (Å²) in [5.74, 6) is 1.37. The third-order valence-corrected chi connectivity index (χ3v) is 10.3. The molecule has 0 unspecified atom stereocenters. The summed E-state index contributed by atoms with van der Waals surface area (Å²) in [5.41, 5.74) is 11.4. The van der Waals surface area contributed by atoms with Gasteiger partial charge in [0.05, 0.1) is 6.33 Å². The molecule has 0 bridgehead atoms. The number of rotatable bonds is 6. The van der Waals surface area contributed by atoms with Crippen molar-refractivity contribution in [3.8, 4) is 11.1 Å². The maximum Gasteiger partial charge on any atom is 0.254 e. The highest BCUT2D eigenvalue weighted by molar-refractivity contribution is 6.24. The molecule has 45 heavy (non-hydrogen) atoms. The van der Waals surface area contributed by atoms with Crippen LogP contribution < -0.4 is 16.4 Å². The number of hydrogen-bond donors (Lipinski definition) is 3. The van der Waals surface area contributed by atoms with Gasteiger partial charge >= 0.3 is 0 Å². The minimum Gasteiger partial charge on any atom is -0.365 e. The highest BCUT2D eigenvalue weighted by atomic mass is 16.2. The number of piperidine rings is 1. The number of carbonyl (C=O) groups excluding carboxylic acids is 2. The number of nitrogens with two attached hydrogens (primary N) is 1. The number of likely N-dealkylation sites (tertiary alicyclic amines) is 1. The molecule has 2 aromatic carbocycles. The summed E-state index contributed by atoms with van der Waals surface area (Å²) in [7, 11) is 0. The summed E-state index contributed by atoms with van der Waals surface area (Å²) in [6, 6.07) is 14.2. The largest absolute Gasteiger partial charge is 0.365 e. The molecule has 2 aromatic heterocycles. The van der Waals surface area contributed by atoms with Gasteiger partial charge in [0.2, 0.25) is 5.95 Å². The van der Waals surface area contributed by atoms with Crippen LogP contribution in [0.1, 0.15) is 96.5 Å². The standard InChI is InChI=1S/C35H40N8O2/c36-21-12-14-22(15-13-21)39-35-40-32(30-33(41-35)43(20-37-30)24-6-1-2-7-24)38-23-16-18-42(19-17-23)34(45)28-11-5-10-27-29(28)25-8-3-4-9-26(25)31(27)44/h3-5,8-11,20-24H,1-2,6-7,12-19,36H2,(H2,38,39,40,41)/t21-,22-. The fraction of sp³-hybridized carbons (Fsp3) is 0.457. The monoisotopic (exact) mass is 604 g/mol. The molecule has 4 aliphatic rings. The molecule has 1 amide bonds. The number of ketones is 1. The molecule has 10 nitrogen and oxygen atoms in total. The molecule has 10 heteroatoms. The molecule has 0 atom stereocenters. The van der Waals surface area contributed by atoms with E-state index in [0.29, 0.717) is 47.8 Å². The molecule has 4 N–H and O–H groups in total. The molecule has 3 heterocycles. The fourth-order valence-corrected chi connectivity index (χ4v) is 7.82. The highest BCUT2D eigenvalue weighted by Crippen LogP contribution is 2.39. The van der Waals surface area contributed by atoms with E-state index in [0.717, 1.165) is 79.5 Å². The van der Waals surface area contributed by atoms with Crippen LogP contribution in [0.3, 0.4) is 0 Å². The summed E-state index contributed by atoms with van der Waals surface area (Å²) in [4.78, 5) is 43.5. The quantitative estimate of drug-likeness (QED) is 0.230. The van der Waals surface area contributed by atoms with Crippen molar-refractivity contribution >= 4 is 34.6 Å². The van der Waals surface area contributed by atoms with E-state index in [9.17, 15) is 9.59 Å². The smallest absolute Gasteiger partial charge is 0.254 e. The van der Waals surface area contributed by atoms with Gasteiger partial charge in [-0.2, -0.15) is 9.97 Å². The second-order valence-electron chi connectivity index (χ2n) is 13.2. The van der Waals surface area contributed by atoms with Crippen LogP contribution >= 0.6 is 0 Å². The van der Waals surface area contributed by atoms with Crippen LogP contribution in [0, 0.1) is 0 Å². The van der Waals surface area contributed by atoms with Crippen LogP contribution in [-0.4, -0.2) is 67.3 Å². The van der Waals surface area contributed by atoms with E-state index in [-0.39, 0.29) is 23.8 Å². The van der Waals surface area contributed by atoms with Gasteiger partial charge in [0.25, 0.3) is 5.91 Å². The maximum absolute atomic E-state index is 13.8. The second-order valence-corrected chi connectivity index (χ2v) is 13.2. The lowest BCUT2D eigenvalue weighted by molar-refractivity contribution is 0.0719. The Morgan fingerprint density at radius 1 is 0.800 bits per heavy atom. The van der Waals surface area contributed by atoms with Crippen molar-refractivity contribution in [1.82, 2.24) is 24.4 Å². The van der Waals surface area contributed by atoms with Gasteiger partial charge in [-0.3, -0.25) is 9.59 Å². The van der Waals surface area contributed by atoms with E-state index >= 15 is 0 Å². The van der Waals surface area contributed by atoms with Crippen molar-refractivity contribution < 1.29 is 9.59 Å². The van der Waals surface area contributed by atoms with E-state index in [1.54, 1.807) is 0 Å². The topological polar surface area (TPSA) is 131 Å². The van der Waals surface area contributed by atoms with Gasteiger partial charge in [-0.1, -0.05) is 49.2 Å². The van der Waals surface area contributed by atoms with Crippen LogP contribution in [0.25, 0.3) is 22.3 Å². The number of benzene rings is 2. The van der Waals surface area contributed by atoms with Gasteiger partial charge in [-0.15, -0.1) is 0 Å². The van der Waals surface area contributed by atoms with Gasteiger partial charge in [0, 0.05) is 59.5 Å². The molecule has 8 rings (SSSR count). The Balaban J connectivity index is 1.01. The molecule has 0 radical (unpaired) electrons. The minimum absolute atomic E-state index is 0.00869. The van der Waals surface area contributed by atoms with Gasteiger partial charge in [0.1, 0.15) is 0 Å². The first kappa shape index (κ1) is 28.2. The summed E-state index contributed by atoms with van der Waals surface area (Å²) >= 11 is 0. The number of imidazole rings is 1. The maximum atomic E-state index is 13.8. The van der Waals surface area contributed by atoms with Crippen LogP contribution in [0.5, 0.6) is 0 Å². The summed E-state index contributed by atoms with van der Waals surface area (Å²) < 4.78 is 2.25. The third-order valence-electron chi connectivity index (χ3n) is 10.3. The average molecular weight is 605 g/mol. The number of carbonyl (C=O) groups is 2. The van der Waals surface area contributed by atoms with Crippen molar-refractivity contribution in [2.24, 2.45) is 5.73 Å². The minimum atomic E-state index is -0.0202. The molecule has 1 aliphatic heterocycles. The Morgan fingerprint density at radius 2 is 1.51 bits per heavy atom. The number of anilines is 2. The first-order valence-corrected chi connectivity index (χ1v) is 16.6. The molecule has 3 aliphatic carbocycles. The summed E-state index contributed by atoms with van der Waals surface area (Å²) in [6.07, 6.45) is 12.3. The van der Waals surface area contributed by atoms with E-state index in [2.05, 4.69) is 15.2 Å². The number of aromatic nitrogens is 4. The Labute approximate surface area is 262 Å². The lowest BCUT2D eigenvalue weighted by Crippen LogP contribution is -2.42. The first-order valence-electron chi connectivity index (χ1n) is 16.6. The van der Waals surface area contributed by atoms with Crippen molar-refractivity contribution in [3.63, 3.8) is 0 Å². The molecule has 1 saturated heterocycles. The van der Waals surface area contributed by atoms with Gasteiger partial charge in [0.15, 0.2) is 22.8 Å². The zero-order valence-corrected chi connectivity index (χ0v) is 25.5. The number of fused-ring (bicyclic) bond motifs is 4. The summed E-state index contributed by atoms with van der Waals surface area (Å²) in [6.45, 7) is 1.24. The van der Waals surface area contributed by atoms with Crippen LogP contribution in [-0.2, 0) is 0 Å². The predicted octanol–water partition coefficient (Wildman–Crippen LogP) is 5.55. The zero-order chi connectivity index (χ0) is 30.5. The van der Waals surface area contributed by atoms with E-state index in [4.69, 9.17) is 20.7 Å². The first-order chi connectivity index (χ1) is 22.0. The normalized spacial score (nSPS) is 22.1. The molecule has 4 aromatic rings. The second kappa shape index (κ2) is 11.6. The van der Waals surface area contributed by atoms with Crippen molar-refractivity contribution in [3.05, 3.63) is 65.5 Å². The lowest BCUT2D eigenvalue weighted by atomic mass is 9.92. The van der Waals surface area contributed by atoms with Crippen LogP contribution in [0.2, 0.25) is 0 Å². The predicted molar refractivity (Wildman–Crippen MR) is 175 cm³/mol. The SMILES string of the molecule is N[C@H]1CC[C@H](Nc2nc(NC3CCN(C(=O)c4cccc5c4-c4ccccc4C5=O)CC3)c3ncn(C4CCCC4)c3n2)CC1. The van der Waals surface area contributed by atoms with Gasteiger partial charge in [-0.25, -0.2) is 4.98 Å². The Bertz CT molecular complexity index is 1760. The van der Waals surface area contributed by atoms with Gasteiger partial charge in [-0.05, 0) is 63.0 Å². The number of amides is 1. The van der Waals surface area contributed by atoms with E-state index in [1.165, 1.54) is 12.8 Å². The molecule has 232 valence electrons. The van der Waals surface area contributed by atoms with Crippen molar-refractivity contribution in [2.45, 2.75) is 88.4 Å². The molecule has 3 fully saturated rings. The molecular weight excluding hydrogens is 564 g/mol. The molecule has 0 spiro atoms. The van der Waals surface area contributed by atoms with Crippen molar-refractivity contribution in [1.29, 1.82) is 0 Å².